The summed E-state index contributed by atoms with van der Waals surface area (Å²) in [5, 5.41) is 3.48. The first-order chi connectivity index (χ1) is 9.38. The number of likely N-dealkylation sites (N-methyl/N-ethyl adjacent to an activating group) is 1. The average Bonchev–Trinajstić information content (AvgIpc) is 3.11. The fraction of sp³-hybridized carbons (Fsp3) is 0.750. The second kappa shape index (κ2) is 6.29. The summed E-state index contributed by atoms with van der Waals surface area (Å²) in [7, 11) is 4.14. The van der Waals surface area contributed by atoms with E-state index in [9.17, 15) is 0 Å². The highest BCUT2D eigenvalue weighted by molar-refractivity contribution is 5.19. The SMILES string of the molecule is Cc1cc(COCC(C)(C)N(C)C)oc1CNC1CC1. The number of nitrogens with zero attached hydrogens (tertiary/aromatic N) is 1. The van der Waals surface area contributed by atoms with E-state index in [0.29, 0.717) is 19.3 Å². The second-order valence-corrected chi connectivity index (χ2v) is 6.67. The Morgan fingerprint density at radius 1 is 1.40 bits per heavy atom. The van der Waals surface area contributed by atoms with Gasteiger partial charge in [0.05, 0.1) is 13.2 Å². The van der Waals surface area contributed by atoms with Crippen LogP contribution in [0.15, 0.2) is 10.5 Å². The van der Waals surface area contributed by atoms with E-state index >= 15 is 0 Å². The summed E-state index contributed by atoms with van der Waals surface area (Å²) in [5.41, 5.74) is 1.25. The van der Waals surface area contributed by atoms with Gasteiger partial charge in [0, 0.05) is 11.6 Å². The quantitative estimate of drug-likeness (QED) is 0.794. The minimum atomic E-state index is 0.0397. The Morgan fingerprint density at radius 3 is 2.70 bits per heavy atom. The van der Waals surface area contributed by atoms with Gasteiger partial charge in [0.1, 0.15) is 18.1 Å². The van der Waals surface area contributed by atoms with E-state index in [1.54, 1.807) is 0 Å². The lowest BCUT2D eigenvalue weighted by atomic mass is 10.1. The van der Waals surface area contributed by atoms with Crippen molar-refractivity contribution in [3.05, 3.63) is 23.2 Å². The van der Waals surface area contributed by atoms with Gasteiger partial charge in [0.15, 0.2) is 0 Å². The van der Waals surface area contributed by atoms with Gasteiger partial charge >= 0.3 is 0 Å². The van der Waals surface area contributed by atoms with E-state index < -0.39 is 0 Å². The molecular formula is C16H28N2O2. The molecule has 0 radical (unpaired) electrons. The Hall–Kier alpha value is -0.840. The van der Waals surface area contributed by atoms with E-state index in [4.69, 9.17) is 9.15 Å². The Bertz CT molecular complexity index is 434. The molecular weight excluding hydrogens is 252 g/mol. The molecule has 0 aromatic carbocycles. The maximum absolute atomic E-state index is 5.87. The highest BCUT2D eigenvalue weighted by atomic mass is 16.5. The standard InChI is InChI=1S/C16H28N2O2/c1-12-8-14(10-19-11-16(2,3)18(4)5)20-15(12)9-17-13-6-7-13/h8,13,17H,6-7,9-11H2,1-5H3. The Balaban J connectivity index is 1.79. The number of hydrogen-bond donors (Lipinski definition) is 1. The van der Waals surface area contributed by atoms with Crippen molar-refractivity contribution in [2.75, 3.05) is 20.7 Å². The fourth-order valence-corrected chi connectivity index (χ4v) is 1.89. The van der Waals surface area contributed by atoms with Crippen LogP contribution < -0.4 is 5.32 Å². The molecule has 2 rings (SSSR count). The van der Waals surface area contributed by atoms with Gasteiger partial charge < -0.3 is 19.4 Å². The minimum Gasteiger partial charge on any atom is -0.462 e. The summed E-state index contributed by atoms with van der Waals surface area (Å²) in [6.07, 6.45) is 2.60. The van der Waals surface area contributed by atoms with Crippen LogP contribution in [0.25, 0.3) is 0 Å². The van der Waals surface area contributed by atoms with Gasteiger partial charge in [-0.2, -0.15) is 0 Å². The van der Waals surface area contributed by atoms with Gasteiger partial charge in [0.2, 0.25) is 0 Å². The molecule has 1 aromatic rings. The molecule has 114 valence electrons. The van der Waals surface area contributed by atoms with Crippen molar-refractivity contribution in [2.45, 2.75) is 58.3 Å². The van der Waals surface area contributed by atoms with Crippen molar-refractivity contribution in [1.82, 2.24) is 10.2 Å². The zero-order valence-corrected chi connectivity index (χ0v) is 13.5. The number of ether oxygens (including phenoxy) is 1. The third-order valence-corrected chi connectivity index (χ3v) is 4.11. The molecule has 1 aliphatic carbocycles. The van der Waals surface area contributed by atoms with Gasteiger partial charge in [0.25, 0.3) is 0 Å². The molecule has 1 fully saturated rings. The van der Waals surface area contributed by atoms with Crippen molar-refractivity contribution in [1.29, 1.82) is 0 Å². The molecule has 0 unspecified atom stereocenters. The number of aryl methyl sites for hydroxylation is 1. The van der Waals surface area contributed by atoms with Crippen LogP contribution in [0.4, 0.5) is 0 Å². The summed E-state index contributed by atoms with van der Waals surface area (Å²) in [6.45, 7) is 8.51. The molecule has 0 saturated heterocycles. The molecule has 0 aliphatic heterocycles. The molecule has 20 heavy (non-hydrogen) atoms. The van der Waals surface area contributed by atoms with E-state index in [0.717, 1.165) is 18.1 Å². The Morgan fingerprint density at radius 2 is 2.10 bits per heavy atom. The minimum absolute atomic E-state index is 0.0397. The molecule has 1 aliphatic rings. The highest BCUT2D eigenvalue weighted by Crippen LogP contribution is 2.21. The lowest BCUT2D eigenvalue weighted by molar-refractivity contribution is 0.0206. The van der Waals surface area contributed by atoms with Gasteiger partial charge in [-0.15, -0.1) is 0 Å². The molecule has 1 heterocycles. The summed E-state index contributed by atoms with van der Waals surface area (Å²) in [6, 6.07) is 2.80. The van der Waals surface area contributed by atoms with Crippen LogP contribution in [0.5, 0.6) is 0 Å². The molecule has 0 bridgehead atoms. The molecule has 0 atom stereocenters. The van der Waals surface area contributed by atoms with Crippen molar-refractivity contribution < 1.29 is 9.15 Å². The summed E-state index contributed by atoms with van der Waals surface area (Å²) in [5.74, 6) is 1.96. The largest absolute Gasteiger partial charge is 0.462 e. The zero-order valence-electron chi connectivity index (χ0n) is 13.5. The smallest absolute Gasteiger partial charge is 0.130 e. The summed E-state index contributed by atoms with van der Waals surface area (Å²) in [4.78, 5) is 2.17. The van der Waals surface area contributed by atoms with E-state index in [2.05, 4.69) is 51.1 Å². The highest BCUT2D eigenvalue weighted by Gasteiger charge is 2.22. The maximum Gasteiger partial charge on any atom is 0.130 e. The van der Waals surface area contributed by atoms with Crippen molar-refractivity contribution in [3.63, 3.8) is 0 Å². The van der Waals surface area contributed by atoms with Crippen molar-refractivity contribution in [3.8, 4) is 0 Å². The van der Waals surface area contributed by atoms with E-state index in [1.807, 2.05) is 0 Å². The fourth-order valence-electron chi connectivity index (χ4n) is 1.89. The molecule has 0 spiro atoms. The summed E-state index contributed by atoms with van der Waals surface area (Å²) < 4.78 is 11.7. The van der Waals surface area contributed by atoms with Crippen molar-refractivity contribution >= 4 is 0 Å². The number of hydrogen-bond acceptors (Lipinski definition) is 4. The normalized spacial score (nSPS) is 16.1. The van der Waals surface area contributed by atoms with Crippen molar-refractivity contribution in [2.24, 2.45) is 0 Å². The van der Waals surface area contributed by atoms with Crippen LogP contribution >= 0.6 is 0 Å². The van der Waals surface area contributed by atoms with Gasteiger partial charge in [-0.3, -0.25) is 0 Å². The molecule has 1 saturated carbocycles. The maximum atomic E-state index is 5.87. The average molecular weight is 280 g/mol. The van der Waals surface area contributed by atoms with Crippen LogP contribution in [0.1, 0.15) is 43.8 Å². The van der Waals surface area contributed by atoms with Gasteiger partial charge in [-0.25, -0.2) is 0 Å². The number of rotatable bonds is 8. The monoisotopic (exact) mass is 280 g/mol. The molecule has 4 heteroatoms. The Labute approximate surface area is 122 Å². The third kappa shape index (κ3) is 4.33. The van der Waals surface area contributed by atoms with Crippen LogP contribution in [0.2, 0.25) is 0 Å². The van der Waals surface area contributed by atoms with Crippen LogP contribution in [-0.2, 0) is 17.9 Å². The third-order valence-electron chi connectivity index (χ3n) is 4.11. The van der Waals surface area contributed by atoms with Crippen LogP contribution in [0, 0.1) is 6.92 Å². The predicted octanol–water partition coefficient (Wildman–Crippen LogP) is 2.70. The molecule has 0 amide bonds. The van der Waals surface area contributed by atoms with Crippen LogP contribution in [-0.4, -0.2) is 37.2 Å². The Kier molecular flexibility index (Phi) is 4.89. The molecule has 1 aromatic heterocycles. The molecule has 4 nitrogen and oxygen atoms in total. The summed E-state index contributed by atoms with van der Waals surface area (Å²) >= 11 is 0. The van der Waals surface area contributed by atoms with E-state index in [1.165, 1.54) is 18.4 Å². The first-order valence-electron chi connectivity index (χ1n) is 7.45. The molecule has 1 N–H and O–H groups in total. The van der Waals surface area contributed by atoms with Gasteiger partial charge in [-0.05, 0) is 59.3 Å². The lowest BCUT2D eigenvalue weighted by Gasteiger charge is -2.31. The first kappa shape index (κ1) is 15.5. The van der Waals surface area contributed by atoms with Gasteiger partial charge in [-0.1, -0.05) is 0 Å². The second-order valence-electron chi connectivity index (χ2n) is 6.67. The van der Waals surface area contributed by atoms with Crippen LogP contribution in [0.3, 0.4) is 0 Å². The topological polar surface area (TPSA) is 37.6 Å². The predicted molar refractivity (Wildman–Crippen MR) is 80.7 cm³/mol. The lowest BCUT2D eigenvalue weighted by Crippen LogP contribution is -2.42. The first-order valence-corrected chi connectivity index (χ1v) is 7.45. The van der Waals surface area contributed by atoms with E-state index in [-0.39, 0.29) is 5.54 Å². The number of furan rings is 1. The number of nitrogens with one attached hydrogen (secondary N) is 1. The zero-order chi connectivity index (χ0) is 14.8.